The number of rotatable bonds is 4. The summed E-state index contributed by atoms with van der Waals surface area (Å²) in [6.45, 7) is 5.38. The zero-order valence-electron chi connectivity index (χ0n) is 17.0. The van der Waals surface area contributed by atoms with Crippen molar-refractivity contribution in [2.75, 3.05) is 12.4 Å². The van der Waals surface area contributed by atoms with Gasteiger partial charge in [-0.1, -0.05) is 36.4 Å². The van der Waals surface area contributed by atoms with Gasteiger partial charge in [0.25, 0.3) is 5.91 Å². The van der Waals surface area contributed by atoms with Gasteiger partial charge in [0.1, 0.15) is 11.6 Å². The van der Waals surface area contributed by atoms with Crippen LogP contribution in [-0.4, -0.2) is 34.5 Å². The highest BCUT2D eigenvalue weighted by Crippen LogP contribution is 2.25. The van der Waals surface area contributed by atoms with Crippen LogP contribution < -0.4 is 5.32 Å². The van der Waals surface area contributed by atoms with Crippen LogP contribution >= 0.6 is 0 Å². The third-order valence-electron chi connectivity index (χ3n) is 4.34. The van der Waals surface area contributed by atoms with Gasteiger partial charge >= 0.3 is 6.09 Å². The summed E-state index contributed by atoms with van der Waals surface area (Å²) in [4.78, 5) is 31.2. The van der Waals surface area contributed by atoms with Gasteiger partial charge in [-0.25, -0.2) is 4.79 Å². The number of nitrogens with zero attached hydrogens (tertiary/aromatic N) is 2. The molecule has 6 heteroatoms. The molecule has 0 bridgehead atoms. The Morgan fingerprint density at radius 3 is 2.45 bits per heavy atom. The van der Waals surface area contributed by atoms with Crippen molar-refractivity contribution in [1.29, 1.82) is 0 Å². The van der Waals surface area contributed by atoms with Crippen LogP contribution in [0.25, 0.3) is 10.8 Å². The van der Waals surface area contributed by atoms with Gasteiger partial charge in [-0.15, -0.1) is 0 Å². The minimum absolute atomic E-state index is 0.321. The van der Waals surface area contributed by atoms with Gasteiger partial charge in [0.15, 0.2) is 0 Å². The number of pyridine rings is 1. The van der Waals surface area contributed by atoms with Crippen molar-refractivity contribution in [3.63, 3.8) is 0 Å². The standard InChI is InChI=1S/C23H25N3O3/c1-23(2,3)29-22(28)26(4)20(16-8-6-5-7-9-16)21(27)25-19-11-10-18-15-24-13-12-17(18)14-19/h5-15,20H,1-4H3,(H,25,27). The van der Waals surface area contributed by atoms with Crippen LogP contribution in [0, 0.1) is 0 Å². The van der Waals surface area contributed by atoms with Crippen molar-refractivity contribution in [2.45, 2.75) is 32.4 Å². The molecule has 6 nitrogen and oxygen atoms in total. The molecule has 1 heterocycles. The first-order valence-electron chi connectivity index (χ1n) is 9.40. The van der Waals surface area contributed by atoms with E-state index in [-0.39, 0.29) is 5.91 Å². The normalized spacial score (nSPS) is 12.3. The fraction of sp³-hybridized carbons (Fsp3) is 0.261. The predicted molar refractivity (Wildman–Crippen MR) is 114 cm³/mol. The van der Waals surface area contributed by atoms with E-state index in [4.69, 9.17) is 4.74 Å². The average Bonchev–Trinajstić information content (AvgIpc) is 2.67. The molecule has 0 saturated carbocycles. The number of benzene rings is 2. The van der Waals surface area contributed by atoms with Crippen molar-refractivity contribution in [2.24, 2.45) is 0 Å². The number of amides is 2. The molecule has 150 valence electrons. The molecule has 1 atom stereocenters. The van der Waals surface area contributed by atoms with E-state index in [9.17, 15) is 9.59 Å². The maximum Gasteiger partial charge on any atom is 0.410 e. The second kappa shape index (κ2) is 8.31. The Morgan fingerprint density at radius 2 is 1.76 bits per heavy atom. The third-order valence-corrected chi connectivity index (χ3v) is 4.34. The van der Waals surface area contributed by atoms with Crippen LogP contribution in [0.3, 0.4) is 0 Å². The summed E-state index contributed by atoms with van der Waals surface area (Å²) in [6.07, 6.45) is 2.91. The first-order chi connectivity index (χ1) is 13.7. The van der Waals surface area contributed by atoms with Gasteiger partial charge in [-0.05, 0) is 49.9 Å². The van der Waals surface area contributed by atoms with Gasteiger partial charge < -0.3 is 10.1 Å². The van der Waals surface area contributed by atoms with Crippen molar-refractivity contribution in [1.82, 2.24) is 9.88 Å². The van der Waals surface area contributed by atoms with Gasteiger partial charge in [0.05, 0.1) is 0 Å². The smallest absolute Gasteiger partial charge is 0.410 e. The molecule has 0 spiro atoms. The lowest BCUT2D eigenvalue weighted by molar-refractivity contribution is -0.121. The molecular weight excluding hydrogens is 366 g/mol. The number of aromatic nitrogens is 1. The number of nitrogens with one attached hydrogen (secondary N) is 1. The Kier molecular flexibility index (Phi) is 5.82. The Hall–Kier alpha value is -3.41. The zero-order valence-corrected chi connectivity index (χ0v) is 17.0. The molecule has 0 saturated heterocycles. The van der Waals surface area contributed by atoms with E-state index in [0.717, 1.165) is 10.8 Å². The predicted octanol–water partition coefficient (Wildman–Crippen LogP) is 4.78. The molecule has 0 aliphatic rings. The first kappa shape index (κ1) is 20.3. The molecule has 0 fully saturated rings. The summed E-state index contributed by atoms with van der Waals surface area (Å²) >= 11 is 0. The van der Waals surface area contributed by atoms with Crippen molar-refractivity contribution < 1.29 is 14.3 Å². The lowest BCUT2D eigenvalue weighted by Gasteiger charge is -2.30. The Morgan fingerprint density at radius 1 is 1.03 bits per heavy atom. The lowest BCUT2D eigenvalue weighted by atomic mass is 10.0. The number of hydrogen-bond acceptors (Lipinski definition) is 4. The maximum atomic E-state index is 13.2. The first-order valence-corrected chi connectivity index (χ1v) is 9.40. The molecular formula is C23H25N3O3. The second-order valence-corrected chi connectivity index (χ2v) is 7.83. The van der Waals surface area contributed by atoms with E-state index in [2.05, 4.69) is 10.3 Å². The Labute approximate surface area is 170 Å². The summed E-state index contributed by atoms with van der Waals surface area (Å²) in [7, 11) is 1.57. The lowest BCUT2D eigenvalue weighted by Crippen LogP contribution is -2.41. The second-order valence-electron chi connectivity index (χ2n) is 7.83. The van der Waals surface area contributed by atoms with E-state index in [0.29, 0.717) is 11.3 Å². The van der Waals surface area contributed by atoms with Crippen LogP contribution in [-0.2, 0) is 9.53 Å². The molecule has 1 unspecified atom stereocenters. The van der Waals surface area contributed by atoms with E-state index in [1.165, 1.54) is 4.90 Å². The van der Waals surface area contributed by atoms with Crippen LogP contribution in [0.4, 0.5) is 10.5 Å². The average molecular weight is 391 g/mol. The molecule has 2 aromatic carbocycles. The minimum atomic E-state index is -0.834. The largest absolute Gasteiger partial charge is 0.444 e. The van der Waals surface area contributed by atoms with E-state index < -0.39 is 17.7 Å². The van der Waals surface area contributed by atoms with Gasteiger partial charge in [0.2, 0.25) is 0 Å². The summed E-state index contributed by atoms with van der Waals surface area (Å²) in [5, 5.41) is 4.87. The summed E-state index contributed by atoms with van der Waals surface area (Å²) in [5.41, 5.74) is 0.686. The molecule has 0 radical (unpaired) electrons. The van der Waals surface area contributed by atoms with Crippen LogP contribution in [0.1, 0.15) is 32.4 Å². The Balaban J connectivity index is 1.88. The fourth-order valence-corrected chi connectivity index (χ4v) is 3.00. The van der Waals surface area contributed by atoms with Crippen molar-refractivity contribution in [3.8, 4) is 0 Å². The molecule has 0 aliphatic carbocycles. The molecule has 29 heavy (non-hydrogen) atoms. The number of carbonyl (C=O) groups is 2. The number of anilines is 1. The molecule has 3 aromatic rings. The summed E-state index contributed by atoms with van der Waals surface area (Å²) < 4.78 is 5.46. The van der Waals surface area contributed by atoms with Gasteiger partial charge in [-0.2, -0.15) is 0 Å². The molecule has 1 aromatic heterocycles. The summed E-state index contributed by atoms with van der Waals surface area (Å²) in [6, 6.07) is 15.8. The van der Waals surface area contributed by atoms with Gasteiger partial charge in [-0.3, -0.25) is 14.7 Å². The van der Waals surface area contributed by atoms with Gasteiger partial charge in [0, 0.05) is 30.5 Å². The third kappa shape index (κ3) is 5.10. The highest BCUT2D eigenvalue weighted by molar-refractivity contribution is 5.99. The quantitative estimate of drug-likeness (QED) is 0.695. The molecule has 1 N–H and O–H groups in total. The highest BCUT2D eigenvalue weighted by atomic mass is 16.6. The topological polar surface area (TPSA) is 71.5 Å². The highest BCUT2D eigenvalue weighted by Gasteiger charge is 2.31. The number of fused-ring (bicyclic) bond motifs is 1. The molecule has 0 aliphatic heterocycles. The monoisotopic (exact) mass is 391 g/mol. The van der Waals surface area contributed by atoms with Crippen molar-refractivity contribution in [3.05, 3.63) is 72.6 Å². The number of hydrogen-bond donors (Lipinski definition) is 1. The molecule has 2 amide bonds. The number of likely N-dealkylation sites (N-methyl/N-ethyl adjacent to an activating group) is 1. The summed E-state index contributed by atoms with van der Waals surface area (Å²) in [5.74, 6) is -0.321. The maximum absolute atomic E-state index is 13.2. The van der Waals surface area contributed by atoms with E-state index >= 15 is 0 Å². The SMILES string of the molecule is CN(C(=O)OC(C)(C)C)C(C(=O)Nc1ccc2cnccc2c1)c1ccccc1. The number of carbonyl (C=O) groups excluding carboxylic acids is 2. The van der Waals surface area contributed by atoms with E-state index in [1.807, 2.05) is 54.6 Å². The van der Waals surface area contributed by atoms with Crippen LogP contribution in [0.15, 0.2) is 67.0 Å². The number of ether oxygens (including phenoxy) is 1. The van der Waals surface area contributed by atoms with Crippen LogP contribution in [0.2, 0.25) is 0 Å². The van der Waals surface area contributed by atoms with Crippen LogP contribution in [0.5, 0.6) is 0 Å². The fourth-order valence-electron chi connectivity index (χ4n) is 3.00. The zero-order chi connectivity index (χ0) is 21.0. The molecule has 3 rings (SSSR count). The minimum Gasteiger partial charge on any atom is -0.444 e. The van der Waals surface area contributed by atoms with E-state index in [1.54, 1.807) is 40.2 Å². The van der Waals surface area contributed by atoms with Crippen molar-refractivity contribution >= 4 is 28.5 Å². The Bertz CT molecular complexity index is 1010.